The fourth-order valence-corrected chi connectivity index (χ4v) is 3.06. The number of carbonyl (C=O) groups is 1. The Hall–Kier alpha value is -2.88. The van der Waals surface area contributed by atoms with E-state index in [1.54, 1.807) is 0 Å². The predicted octanol–water partition coefficient (Wildman–Crippen LogP) is 4.04. The first-order valence-corrected chi connectivity index (χ1v) is 9.02. The molecular weight excluding hydrogens is 322 g/mol. The summed E-state index contributed by atoms with van der Waals surface area (Å²) < 4.78 is 2.00. The van der Waals surface area contributed by atoms with Crippen LogP contribution in [0, 0.1) is 13.8 Å². The quantitative estimate of drug-likeness (QED) is 0.731. The Kier molecular flexibility index (Phi) is 5.52. The normalized spacial score (nSPS) is 10.7. The molecule has 26 heavy (non-hydrogen) atoms. The lowest BCUT2D eigenvalue weighted by molar-refractivity contribution is 0.0951. The minimum absolute atomic E-state index is 0.0535. The first-order chi connectivity index (χ1) is 12.6. The van der Waals surface area contributed by atoms with Gasteiger partial charge >= 0.3 is 0 Å². The predicted molar refractivity (Wildman–Crippen MR) is 104 cm³/mol. The van der Waals surface area contributed by atoms with Crippen LogP contribution in [0.2, 0.25) is 0 Å². The molecule has 3 aromatic rings. The zero-order chi connectivity index (χ0) is 18.5. The number of hydrogen-bond acceptors (Lipinski definition) is 2. The van der Waals surface area contributed by atoms with Gasteiger partial charge in [-0.3, -0.25) is 9.48 Å². The van der Waals surface area contributed by atoms with Gasteiger partial charge in [-0.2, -0.15) is 5.10 Å². The molecule has 4 nitrogen and oxygen atoms in total. The number of aryl methyl sites for hydroxylation is 2. The van der Waals surface area contributed by atoms with E-state index in [1.165, 1.54) is 11.1 Å². The first-order valence-electron chi connectivity index (χ1n) is 9.02. The van der Waals surface area contributed by atoms with E-state index in [2.05, 4.69) is 36.4 Å². The molecule has 1 heterocycles. The van der Waals surface area contributed by atoms with Crippen LogP contribution >= 0.6 is 0 Å². The minimum Gasteiger partial charge on any atom is -0.348 e. The van der Waals surface area contributed by atoms with Gasteiger partial charge in [-0.15, -0.1) is 0 Å². The van der Waals surface area contributed by atoms with Crippen molar-refractivity contribution in [2.24, 2.45) is 0 Å². The average molecular weight is 347 g/mol. The van der Waals surface area contributed by atoms with Gasteiger partial charge in [0.05, 0.1) is 12.2 Å². The summed E-state index contributed by atoms with van der Waals surface area (Å²) in [6, 6.07) is 18.0. The number of amides is 1. The molecule has 4 heteroatoms. The maximum absolute atomic E-state index is 12.4. The highest BCUT2D eigenvalue weighted by atomic mass is 16.1. The smallest absolute Gasteiger partial charge is 0.251 e. The monoisotopic (exact) mass is 347 g/mol. The van der Waals surface area contributed by atoms with Crippen molar-refractivity contribution in [3.8, 4) is 0 Å². The Morgan fingerprint density at radius 2 is 1.69 bits per heavy atom. The summed E-state index contributed by atoms with van der Waals surface area (Å²) >= 11 is 0. The third-order valence-electron chi connectivity index (χ3n) is 4.76. The van der Waals surface area contributed by atoms with Crippen LogP contribution in [-0.2, 0) is 19.5 Å². The molecule has 0 unspecified atom stereocenters. The molecule has 3 rings (SSSR count). The summed E-state index contributed by atoms with van der Waals surface area (Å²) in [7, 11) is 0. The second-order valence-corrected chi connectivity index (χ2v) is 6.53. The Morgan fingerprint density at radius 1 is 1.00 bits per heavy atom. The van der Waals surface area contributed by atoms with Crippen molar-refractivity contribution in [2.75, 3.05) is 0 Å². The zero-order valence-electron chi connectivity index (χ0n) is 15.6. The molecular formula is C22H25N3O. The van der Waals surface area contributed by atoms with Crippen molar-refractivity contribution in [3.05, 3.63) is 88.2 Å². The second-order valence-electron chi connectivity index (χ2n) is 6.53. The third-order valence-corrected chi connectivity index (χ3v) is 4.76. The Balaban J connectivity index is 1.68. The van der Waals surface area contributed by atoms with E-state index in [1.807, 2.05) is 54.1 Å². The van der Waals surface area contributed by atoms with Gasteiger partial charge in [-0.05, 0) is 43.5 Å². The summed E-state index contributed by atoms with van der Waals surface area (Å²) in [5, 5.41) is 7.66. The topological polar surface area (TPSA) is 46.9 Å². The van der Waals surface area contributed by atoms with Crippen molar-refractivity contribution in [1.29, 1.82) is 0 Å². The summed E-state index contributed by atoms with van der Waals surface area (Å²) in [5.41, 5.74) is 6.27. The van der Waals surface area contributed by atoms with Crippen molar-refractivity contribution >= 4 is 5.91 Å². The molecule has 0 aliphatic heterocycles. The summed E-state index contributed by atoms with van der Waals surface area (Å²) in [5.74, 6) is -0.0535. The molecule has 2 aromatic carbocycles. The summed E-state index contributed by atoms with van der Waals surface area (Å²) in [4.78, 5) is 12.4. The average Bonchev–Trinajstić information content (AvgIpc) is 2.93. The van der Waals surface area contributed by atoms with E-state index in [9.17, 15) is 4.79 Å². The van der Waals surface area contributed by atoms with E-state index in [-0.39, 0.29) is 5.91 Å². The maximum atomic E-state index is 12.4. The number of aromatic nitrogens is 2. The van der Waals surface area contributed by atoms with Crippen LogP contribution < -0.4 is 5.32 Å². The van der Waals surface area contributed by atoms with Gasteiger partial charge in [0.25, 0.3) is 5.91 Å². The number of hydrogen-bond donors (Lipinski definition) is 1. The van der Waals surface area contributed by atoms with Gasteiger partial charge in [-0.1, -0.05) is 49.4 Å². The standard InChI is InChI=1S/C22H25N3O/c1-4-18-10-12-20(13-11-18)22(26)23-14-21-16(2)24-25(17(21)3)15-19-8-6-5-7-9-19/h5-13H,4,14-15H2,1-3H3,(H,23,26). The zero-order valence-corrected chi connectivity index (χ0v) is 15.6. The Labute approximate surface area is 154 Å². The van der Waals surface area contributed by atoms with E-state index in [0.29, 0.717) is 12.1 Å². The van der Waals surface area contributed by atoms with Crippen molar-refractivity contribution in [1.82, 2.24) is 15.1 Å². The van der Waals surface area contributed by atoms with Gasteiger partial charge in [0.1, 0.15) is 0 Å². The van der Waals surface area contributed by atoms with Crippen LogP contribution in [0.1, 0.15) is 45.4 Å². The molecule has 0 bridgehead atoms. The van der Waals surface area contributed by atoms with Gasteiger partial charge in [0.2, 0.25) is 0 Å². The molecule has 0 atom stereocenters. The largest absolute Gasteiger partial charge is 0.348 e. The van der Waals surface area contributed by atoms with Crippen molar-refractivity contribution in [2.45, 2.75) is 40.3 Å². The number of nitrogens with one attached hydrogen (secondary N) is 1. The van der Waals surface area contributed by atoms with Crippen LogP contribution in [0.15, 0.2) is 54.6 Å². The number of nitrogens with zero attached hydrogens (tertiary/aromatic N) is 2. The minimum atomic E-state index is -0.0535. The number of carbonyl (C=O) groups excluding carboxylic acids is 1. The van der Waals surface area contributed by atoms with Crippen LogP contribution in [0.4, 0.5) is 0 Å². The molecule has 0 aliphatic rings. The number of rotatable bonds is 6. The van der Waals surface area contributed by atoms with Crippen molar-refractivity contribution in [3.63, 3.8) is 0 Å². The molecule has 134 valence electrons. The summed E-state index contributed by atoms with van der Waals surface area (Å²) in [6.45, 7) is 7.38. The fourth-order valence-electron chi connectivity index (χ4n) is 3.06. The lowest BCUT2D eigenvalue weighted by Gasteiger charge is -2.08. The molecule has 1 N–H and O–H groups in total. The van der Waals surface area contributed by atoms with Crippen LogP contribution in [0.25, 0.3) is 0 Å². The fraction of sp³-hybridized carbons (Fsp3) is 0.273. The summed E-state index contributed by atoms with van der Waals surface area (Å²) in [6.07, 6.45) is 0.973. The first kappa shape index (κ1) is 17.9. The molecule has 0 spiro atoms. The van der Waals surface area contributed by atoms with E-state index in [4.69, 9.17) is 0 Å². The Bertz CT molecular complexity index is 880. The molecule has 1 aromatic heterocycles. The molecule has 0 saturated heterocycles. The lowest BCUT2D eigenvalue weighted by Crippen LogP contribution is -2.23. The molecule has 0 aliphatic carbocycles. The van der Waals surface area contributed by atoms with Gasteiger partial charge < -0.3 is 5.32 Å². The van der Waals surface area contributed by atoms with Crippen LogP contribution in [-0.4, -0.2) is 15.7 Å². The number of benzene rings is 2. The van der Waals surface area contributed by atoms with Gasteiger partial charge in [-0.25, -0.2) is 0 Å². The SMILES string of the molecule is CCc1ccc(C(=O)NCc2c(C)nn(Cc3ccccc3)c2C)cc1. The van der Waals surface area contributed by atoms with Crippen LogP contribution in [0.3, 0.4) is 0 Å². The van der Waals surface area contributed by atoms with Crippen molar-refractivity contribution < 1.29 is 4.79 Å². The molecule has 0 fully saturated rings. The van der Waals surface area contributed by atoms with E-state index in [0.717, 1.165) is 29.9 Å². The molecule has 0 saturated carbocycles. The molecule has 0 radical (unpaired) electrons. The lowest BCUT2D eigenvalue weighted by atomic mass is 10.1. The third kappa shape index (κ3) is 4.02. The Morgan fingerprint density at radius 3 is 2.35 bits per heavy atom. The van der Waals surface area contributed by atoms with Gasteiger partial charge in [0, 0.05) is 23.4 Å². The van der Waals surface area contributed by atoms with Crippen LogP contribution in [0.5, 0.6) is 0 Å². The maximum Gasteiger partial charge on any atom is 0.251 e. The van der Waals surface area contributed by atoms with E-state index < -0.39 is 0 Å². The second kappa shape index (κ2) is 8.00. The van der Waals surface area contributed by atoms with E-state index >= 15 is 0 Å². The highest BCUT2D eigenvalue weighted by Crippen LogP contribution is 2.15. The van der Waals surface area contributed by atoms with Gasteiger partial charge in [0.15, 0.2) is 0 Å². The highest BCUT2D eigenvalue weighted by molar-refractivity contribution is 5.94. The molecule has 1 amide bonds. The highest BCUT2D eigenvalue weighted by Gasteiger charge is 2.13.